The van der Waals surface area contributed by atoms with E-state index in [-0.39, 0.29) is 6.42 Å². The molecule has 0 amide bonds. The third-order valence-electron chi connectivity index (χ3n) is 3.25. The van der Waals surface area contributed by atoms with Gasteiger partial charge in [0.25, 0.3) is 0 Å². The van der Waals surface area contributed by atoms with Crippen molar-refractivity contribution >= 4 is 5.97 Å². The molecule has 0 aliphatic carbocycles. The highest BCUT2D eigenvalue weighted by Gasteiger charge is 2.37. The molecule has 3 heteroatoms. The predicted octanol–water partition coefficient (Wildman–Crippen LogP) is 3.57. The van der Waals surface area contributed by atoms with Crippen LogP contribution in [0.4, 0.5) is 0 Å². The lowest BCUT2D eigenvalue weighted by Gasteiger charge is -2.32. The summed E-state index contributed by atoms with van der Waals surface area (Å²) < 4.78 is 5.62. The molecule has 0 aliphatic heterocycles. The normalized spacial score (nSPS) is 10.4. The van der Waals surface area contributed by atoms with E-state index in [1.165, 1.54) is 0 Å². The summed E-state index contributed by atoms with van der Waals surface area (Å²) in [6.07, 6.45) is 1.14. The number of ether oxygens (including phenoxy) is 1. The van der Waals surface area contributed by atoms with E-state index in [9.17, 15) is 10.1 Å². The zero-order chi connectivity index (χ0) is 15.1. The third-order valence-corrected chi connectivity index (χ3v) is 3.25. The summed E-state index contributed by atoms with van der Waals surface area (Å²) in [5.41, 5.74) is 0.392. The number of esters is 1. The smallest absolute Gasteiger partial charge is 0.331 e. The minimum atomic E-state index is -1.12. The van der Waals surface area contributed by atoms with Gasteiger partial charge in [0.2, 0.25) is 0 Å². The largest absolute Gasteiger partial charge is 0.445 e. The Bertz CT molecular complexity index is 617. The summed E-state index contributed by atoms with van der Waals surface area (Å²) in [6.45, 7) is 3.43. The Hall–Kier alpha value is -2.86. The minimum Gasteiger partial charge on any atom is -0.445 e. The maximum Gasteiger partial charge on any atom is 0.331 e. The summed E-state index contributed by atoms with van der Waals surface area (Å²) >= 11 is 0. The highest BCUT2D eigenvalue weighted by Crippen LogP contribution is 2.37. The van der Waals surface area contributed by atoms with E-state index in [4.69, 9.17) is 4.74 Å². The molecule has 0 atom stereocenters. The van der Waals surface area contributed by atoms with Crippen molar-refractivity contribution in [1.29, 1.82) is 5.26 Å². The Morgan fingerprint density at radius 2 is 1.57 bits per heavy atom. The summed E-state index contributed by atoms with van der Waals surface area (Å²) in [7, 11) is 0. The second-order valence-electron chi connectivity index (χ2n) is 4.52. The minimum absolute atomic E-state index is 0.0284. The molecule has 0 aromatic heterocycles. The van der Waals surface area contributed by atoms with Crippen molar-refractivity contribution in [1.82, 2.24) is 0 Å². The van der Waals surface area contributed by atoms with Crippen LogP contribution in [0.5, 0.6) is 0 Å². The molecule has 0 saturated heterocycles. The Balaban J connectivity index is 2.63. The number of nitrogens with zero attached hydrogens (tertiary/aromatic N) is 1. The maximum absolute atomic E-state index is 11.8. The fourth-order valence-electron chi connectivity index (χ4n) is 2.26. The summed E-state index contributed by atoms with van der Waals surface area (Å²) in [6, 6.07) is 20.7. The van der Waals surface area contributed by atoms with Crippen LogP contribution in [0.15, 0.2) is 73.3 Å². The summed E-state index contributed by atoms with van der Waals surface area (Å²) in [4.78, 5) is 11.8. The fraction of sp³-hybridized carbons (Fsp3) is 0.111. The van der Waals surface area contributed by atoms with Crippen molar-refractivity contribution < 1.29 is 9.53 Å². The first-order valence-corrected chi connectivity index (χ1v) is 6.56. The molecule has 2 rings (SSSR count). The number of hydrogen-bond acceptors (Lipinski definition) is 3. The second-order valence-corrected chi connectivity index (χ2v) is 4.52. The van der Waals surface area contributed by atoms with Crippen molar-refractivity contribution in [2.75, 3.05) is 0 Å². The van der Waals surface area contributed by atoms with Crippen LogP contribution in [0.1, 0.15) is 17.5 Å². The lowest BCUT2D eigenvalue weighted by molar-refractivity contribution is -0.150. The first-order chi connectivity index (χ1) is 10.2. The molecular formula is C18H15NO2. The van der Waals surface area contributed by atoms with E-state index < -0.39 is 11.6 Å². The van der Waals surface area contributed by atoms with Gasteiger partial charge < -0.3 is 4.74 Å². The maximum atomic E-state index is 11.8. The van der Waals surface area contributed by atoms with Gasteiger partial charge in [0.05, 0.1) is 12.5 Å². The van der Waals surface area contributed by atoms with E-state index in [0.29, 0.717) is 0 Å². The average Bonchev–Trinajstić information content (AvgIpc) is 2.56. The molecule has 0 aliphatic rings. The van der Waals surface area contributed by atoms with Crippen LogP contribution >= 0.6 is 0 Å². The van der Waals surface area contributed by atoms with Crippen molar-refractivity contribution in [3.8, 4) is 6.07 Å². The van der Waals surface area contributed by atoms with Gasteiger partial charge in [-0.2, -0.15) is 5.26 Å². The molecule has 21 heavy (non-hydrogen) atoms. The zero-order valence-electron chi connectivity index (χ0n) is 11.5. The number of rotatable bonds is 5. The van der Waals surface area contributed by atoms with E-state index in [1.54, 1.807) is 0 Å². The summed E-state index contributed by atoms with van der Waals surface area (Å²) in [5.74, 6) is -0.557. The van der Waals surface area contributed by atoms with Crippen LogP contribution in [0, 0.1) is 11.3 Å². The number of carbonyl (C=O) groups excluding carboxylic acids is 1. The summed E-state index contributed by atoms with van der Waals surface area (Å²) in [5, 5.41) is 9.24. The average molecular weight is 277 g/mol. The monoisotopic (exact) mass is 277 g/mol. The molecule has 104 valence electrons. The van der Waals surface area contributed by atoms with Gasteiger partial charge in [-0.3, -0.25) is 0 Å². The van der Waals surface area contributed by atoms with Crippen LogP contribution in [0.25, 0.3) is 0 Å². The molecule has 0 heterocycles. The number of hydrogen-bond donors (Lipinski definition) is 0. The van der Waals surface area contributed by atoms with Crippen molar-refractivity contribution in [2.24, 2.45) is 0 Å². The molecule has 2 aromatic carbocycles. The standard InChI is InChI=1S/C18H15NO2/c1-2-17(20)21-18(13-14-19,15-9-5-3-6-10-15)16-11-7-4-8-12-16/h2-12H,1,13H2. The van der Waals surface area contributed by atoms with Gasteiger partial charge in [0.15, 0.2) is 5.60 Å². The highest BCUT2D eigenvalue weighted by atomic mass is 16.6. The van der Waals surface area contributed by atoms with Gasteiger partial charge in [0, 0.05) is 17.2 Å². The Morgan fingerprint density at radius 3 is 1.95 bits per heavy atom. The van der Waals surface area contributed by atoms with Gasteiger partial charge >= 0.3 is 5.97 Å². The fourth-order valence-corrected chi connectivity index (χ4v) is 2.26. The zero-order valence-corrected chi connectivity index (χ0v) is 11.5. The highest BCUT2D eigenvalue weighted by molar-refractivity contribution is 5.82. The van der Waals surface area contributed by atoms with E-state index in [2.05, 4.69) is 12.6 Å². The molecule has 2 aromatic rings. The molecule has 0 unspecified atom stereocenters. The first-order valence-electron chi connectivity index (χ1n) is 6.56. The van der Waals surface area contributed by atoms with Gasteiger partial charge in [-0.15, -0.1) is 0 Å². The SMILES string of the molecule is C=CC(=O)OC(CC#N)(c1ccccc1)c1ccccc1. The van der Waals surface area contributed by atoms with Crippen molar-refractivity contribution in [3.05, 3.63) is 84.4 Å². The third kappa shape index (κ3) is 3.01. The lowest BCUT2D eigenvalue weighted by atomic mass is 9.83. The van der Waals surface area contributed by atoms with Crippen molar-refractivity contribution in [3.63, 3.8) is 0 Å². The van der Waals surface area contributed by atoms with Gasteiger partial charge in [-0.25, -0.2) is 4.79 Å². The molecule has 0 bridgehead atoms. The number of benzene rings is 2. The molecular weight excluding hydrogens is 262 g/mol. The van der Waals surface area contributed by atoms with Gasteiger partial charge in [-0.1, -0.05) is 67.2 Å². The predicted molar refractivity (Wildman–Crippen MR) is 80.2 cm³/mol. The number of nitriles is 1. The number of carbonyl (C=O) groups is 1. The van der Waals surface area contributed by atoms with E-state index in [1.807, 2.05) is 60.7 Å². The molecule has 0 N–H and O–H groups in total. The molecule has 0 radical (unpaired) electrons. The lowest BCUT2D eigenvalue weighted by Crippen LogP contribution is -2.33. The van der Waals surface area contributed by atoms with Crippen LogP contribution < -0.4 is 0 Å². The molecule has 3 nitrogen and oxygen atoms in total. The van der Waals surface area contributed by atoms with Gasteiger partial charge in [0.1, 0.15) is 0 Å². The Morgan fingerprint density at radius 1 is 1.10 bits per heavy atom. The van der Waals surface area contributed by atoms with Crippen LogP contribution in [0.2, 0.25) is 0 Å². The van der Waals surface area contributed by atoms with E-state index in [0.717, 1.165) is 17.2 Å². The second kappa shape index (κ2) is 6.53. The van der Waals surface area contributed by atoms with Gasteiger partial charge in [-0.05, 0) is 0 Å². The quantitative estimate of drug-likeness (QED) is 0.620. The van der Waals surface area contributed by atoms with Crippen LogP contribution in [0.3, 0.4) is 0 Å². The molecule has 0 fully saturated rings. The Kier molecular flexibility index (Phi) is 4.53. The van der Waals surface area contributed by atoms with Crippen LogP contribution in [-0.2, 0) is 15.1 Å². The topological polar surface area (TPSA) is 50.1 Å². The van der Waals surface area contributed by atoms with Crippen LogP contribution in [-0.4, -0.2) is 5.97 Å². The molecule has 0 spiro atoms. The molecule has 0 saturated carbocycles. The first kappa shape index (κ1) is 14.5. The Labute approximate surface area is 124 Å². The van der Waals surface area contributed by atoms with Crippen molar-refractivity contribution in [2.45, 2.75) is 12.0 Å². The van der Waals surface area contributed by atoms with E-state index >= 15 is 0 Å².